The molecule has 6 heteroatoms. The zero-order valence-corrected chi connectivity index (χ0v) is 10.3. The zero-order valence-electron chi connectivity index (χ0n) is 8.72. The first-order valence-electron chi connectivity index (χ1n) is 4.76. The monoisotopic (exact) mass is 268 g/mol. The molecule has 0 spiro atoms. The maximum Gasteiger partial charge on any atom is 0.338 e. The Morgan fingerprint density at radius 2 is 2.29 bits per heavy atom. The molecule has 88 valence electrons. The molecule has 1 aromatic carbocycles. The van der Waals surface area contributed by atoms with E-state index in [0.717, 1.165) is 4.88 Å². The molecule has 0 amide bonds. The molecule has 0 aliphatic rings. The van der Waals surface area contributed by atoms with E-state index in [2.05, 4.69) is 4.98 Å². The Morgan fingerprint density at radius 1 is 1.47 bits per heavy atom. The minimum atomic E-state index is -0.451. The van der Waals surface area contributed by atoms with Gasteiger partial charge in [0, 0.05) is 16.9 Å². The molecule has 4 nitrogen and oxygen atoms in total. The van der Waals surface area contributed by atoms with E-state index >= 15 is 0 Å². The van der Waals surface area contributed by atoms with Crippen molar-refractivity contribution in [2.75, 3.05) is 5.73 Å². The second-order valence-corrected chi connectivity index (χ2v) is 4.72. The van der Waals surface area contributed by atoms with Crippen LogP contribution in [0.3, 0.4) is 0 Å². The molecule has 0 atom stereocenters. The Hall–Kier alpha value is -1.59. The summed E-state index contributed by atoms with van der Waals surface area (Å²) in [7, 11) is 0. The number of hydrogen-bond donors (Lipinski definition) is 1. The van der Waals surface area contributed by atoms with Crippen molar-refractivity contribution in [1.82, 2.24) is 4.98 Å². The topological polar surface area (TPSA) is 65.2 Å². The number of anilines is 1. The molecular weight excluding hydrogens is 260 g/mol. The van der Waals surface area contributed by atoms with Gasteiger partial charge >= 0.3 is 5.97 Å². The van der Waals surface area contributed by atoms with Crippen molar-refractivity contribution >= 4 is 34.6 Å². The zero-order chi connectivity index (χ0) is 12.3. The number of halogens is 1. The fourth-order valence-electron chi connectivity index (χ4n) is 1.26. The summed E-state index contributed by atoms with van der Waals surface area (Å²) in [4.78, 5) is 16.5. The van der Waals surface area contributed by atoms with Gasteiger partial charge in [0.2, 0.25) is 0 Å². The fraction of sp³-hybridized carbons (Fsp3) is 0.0909. The van der Waals surface area contributed by atoms with Crippen LogP contribution in [0.25, 0.3) is 0 Å². The van der Waals surface area contributed by atoms with Crippen LogP contribution in [0.1, 0.15) is 15.2 Å². The van der Waals surface area contributed by atoms with Crippen LogP contribution >= 0.6 is 22.9 Å². The lowest BCUT2D eigenvalue weighted by atomic mass is 10.2. The third kappa shape index (κ3) is 3.18. The van der Waals surface area contributed by atoms with E-state index in [1.807, 2.05) is 0 Å². The predicted molar refractivity (Wildman–Crippen MR) is 67.1 cm³/mol. The first kappa shape index (κ1) is 11.9. The lowest BCUT2D eigenvalue weighted by molar-refractivity contribution is 0.0476. The molecular formula is C11H9ClN2O2S. The third-order valence-electron chi connectivity index (χ3n) is 1.98. The van der Waals surface area contributed by atoms with Gasteiger partial charge in [-0.15, -0.1) is 11.3 Å². The van der Waals surface area contributed by atoms with E-state index in [1.54, 1.807) is 17.8 Å². The molecule has 0 radical (unpaired) electrons. The fourth-order valence-corrected chi connectivity index (χ4v) is 2.01. The molecule has 0 fully saturated rings. The Labute approximate surface area is 107 Å². The number of nitrogen functional groups attached to an aromatic ring is 1. The SMILES string of the molecule is Nc1cc(Cl)cc(C(=O)OCc2cncs2)c1. The molecule has 2 rings (SSSR count). The van der Waals surface area contributed by atoms with Gasteiger partial charge in [-0.2, -0.15) is 0 Å². The van der Waals surface area contributed by atoms with Crippen LogP contribution in [0.4, 0.5) is 5.69 Å². The highest BCUT2D eigenvalue weighted by molar-refractivity contribution is 7.09. The molecule has 2 aromatic rings. The molecule has 0 bridgehead atoms. The number of thiazole rings is 1. The quantitative estimate of drug-likeness (QED) is 0.687. The van der Waals surface area contributed by atoms with Crippen molar-refractivity contribution in [3.63, 3.8) is 0 Å². The number of nitrogens with zero attached hydrogens (tertiary/aromatic N) is 1. The van der Waals surface area contributed by atoms with Gasteiger partial charge in [0.1, 0.15) is 6.61 Å². The van der Waals surface area contributed by atoms with E-state index in [9.17, 15) is 4.79 Å². The van der Waals surface area contributed by atoms with Crippen molar-refractivity contribution < 1.29 is 9.53 Å². The summed E-state index contributed by atoms with van der Waals surface area (Å²) in [6.45, 7) is 0.204. The van der Waals surface area contributed by atoms with Crippen LogP contribution < -0.4 is 5.73 Å². The lowest BCUT2D eigenvalue weighted by Crippen LogP contribution is -2.05. The molecule has 1 heterocycles. The van der Waals surface area contributed by atoms with Gasteiger partial charge in [0.05, 0.1) is 16.0 Å². The minimum absolute atomic E-state index is 0.204. The number of carbonyl (C=O) groups is 1. The molecule has 17 heavy (non-hydrogen) atoms. The summed E-state index contributed by atoms with van der Waals surface area (Å²) < 4.78 is 5.10. The van der Waals surface area contributed by atoms with E-state index in [-0.39, 0.29) is 6.61 Å². The first-order chi connectivity index (χ1) is 8.15. The summed E-state index contributed by atoms with van der Waals surface area (Å²) in [5.74, 6) is -0.451. The molecule has 0 unspecified atom stereocenters. The molecule has 0 saturated heterocycles. The number of ether oxygens (including phenoxy) is 1. The Balaban J connectivity index is 2.04. The maximum atomic E-state index is 11.7. The summed E-state index contributed by atoms with van der Waals surface area (Å²) in [6, 6.07) is 4.62. The Morgan fingerprint density at radius 3 is 2.94 bits per heavy atom. The number of hydrogen-bond acceptors (Lipinski definition) is 5. The predicted octanol–water partition coefficient (Wildman–Crippen LogP) is 2.74. The minimum Gasteiger partial charge on any atom is -0.456 e. The van der Waals surface area contributed by atoms with Gasteiger partial charge in [0.15, 0.2) is 0 Å². The van der Waals surface area contributed by atoms with Crippen molar-refractivity contribution in [3.05, 3.63) is 45.4 Å². The van der Waals surface area contributed by atoms with Gasteiger partial charge in [-0.3, -0.25) is 4.98 Å². The first-order valence-corrected chi connectivity index (χ1v) is 6.01. The van der Waals surface area contributed by atoms with E-state index in [4.69, 9.17) is 22.1 Å². The van der Waals surface area contributed by atoms with Crippen LogP contribution in [-0.4, -0.2) is 11.0 Å². The van der Waals surface area contributed by atoms with Gasteiger partial charge in [-0.05, 0) is 18.2 Å². The third-order valence-corrected chi connectivity index (χ3v) is 2.96. The summed E-state index contributed by atoms with van der Waals surface area (Å²) in [6.07, 6.45) is 1.66. The maximum absolute atomic E-state index is 11.7. The summed E-state index contributed by atoms with van der Waals surface area (Å²) >= 11 is 7.23. The van der Waals surface area contributed by atoms with E-state index < -0.39 is 5.97 Å². The van der Waals surface area contributed by atoms with Gasteiger partial charge in [-0.25, -0.2) is 4.79 Å². The van der Waals surface area contributed by atoms with E-state index in [1.165, 1.54) is 23.5 Å². The van der Waals surface area contributed by atoms with Crippen LogP contribution in [-0.2, 0) is 11.3 Å². The van der Waals surface area contributed by atoms with Crippen LogP contribution in [0, 0.1) is 0 Å². The number of benzene rings is 1. The number of carbonyl (C=O) groups excluding carboxylic acids is 1. The highest BCUT2D eigenvalue weighted by Crippen LogP contribution is 2.18. The second-order valence-electron chi connectivity index (χ2n) is 3.32. The normalized spacial score (nSPS) is 10.2. The van der Waals surface area contributed by atoms with Crippen molar-refractivity contribution in [1.29, 1.82) is 0 Å². The van der Waals surface area contributed by atoms with Gasteiger partial charge < -0.3 is 10.5 Å². The molecule has 2 N–H and O–H groups in total. The Kier molecular flexibility index (Phi) is 3.61. The second kappa shape index (κ2) is 5.16. The summed E-state index contributed by atoms with van der Waals surface area (Å²) in [5, 5.41) is 0.412. The lowest BCUT2D eigenvalue weighted by Gasteiger charge is -2.04. The number of esters is 1. The highest BCUT2D eigenvalue weighted by Gasteiger charge is 2.09. The standard InChI is InChI=1S/C11H9ClN2O2S/c12-8-1-7(2-9(13)3-8)11(15)16-5-10-4-14-6-17-10/h1-4,6H,5,13H2. The van der Waals surface area contributed by atoms with Crippen molar-refractivity contribution in [2.24, 2.45) is 0 Å². The number of rotatable bonds is 3. The average Bonchev–Trinajstić information content (AvgIpc) is 2.77. The van der Waals surface area contributed by atoms with Gasteiger partial charge in [0.25, 0.3) is 0 Å². The number of nitrogens with two attached hydrogens (primary N) is 1. The van der Waals surface area contributed by atoms with Crippen LogP contribution in [0.2, 0.25) is 5.02 Å². The average molecular weight is 269 g/mol. The smallest absolute Gasteiger partial charge is 0.338 e. The van der Waals surface area contributed by atoms with E-state index in [0.29, 0.717) is 16.3 Å². The largest absolute Gasteiger partial charge is 0.456 e. The van der Waals surface area contributed by atoms with Crippen molar-refractivity contribution in [3.8, 4) is 0 Å². The van der Waals surface area contributed by atoms with Crippen LogP contribution in [0.5, 0.6) is 0 Å². The van der Waals surface area contributed by atoms with Crippen molar-refractivity contribution in [2.45, 2.75) is 6.61 Å². The molecule has 1 aromatic heterocycles. The highest BCUT2D eigenvalue weighted by atomic mass is 35.5. The molecule has 0 aliphatic carbocycles. The van der Waals surface area contributed by atoms with Crippen LogP contribution in [0.15, 0.2) is 29.9 Å². The molecule has 0 aliphatic heterocycles. The number of aromatic nitrogens is 1. The Bertz CT molecular complexity index is 508. The summed E-state index contributed by atoms with van der Waals surface area (Å²) in [5.41, 5.74) is 8.05. The van der Waals surface area contributed by atoms with Gasteiger partial charge in [-0.1, -0.05) is 11.6 Å². The molecule has 0 saturated carbocycles.